The van der Waals surface area contributed by atoms with Crippen molar-refractivity contribution in [1.29, 1.82) is 0 Å². The van der Waals surface area contributed by atoms with Crippen LogP contribution in [0.2, 0.25) is 0 Å². The number of aliphatic carboxylic acids is 1. The van der Waals surface area contributed by atoms with Gasteiger partial charge < -0.3 is 14.6 Å². The summed E-state index contributed by atoms with van der Waals surface area (Å²) in [6.07, 6.45) is -0.123. The first kappa shape index (κ1) is 15.5. The second-order valence-electron chi connectivity index (χ2n) is 5.84. The summed E-state index contributed by atoms with van der Waals surface area (Å²) in [5.74, 6) is -0.686. The molecule has 0 saturated heterocycles. The first-order valence-corrected chi connectivity index (χ1v) is 7.34. The lowest BCUT2D eigenvalue weighted by Gasteiger charge is -2.30. The lowest BCUT2D eigenvalue weighted by molar-refractivity contribution is -0.148. The van der Waals surface area contributed by atoms with Crippen LogP contribution in [0.4, 0.5) is 4.39 Å². The minimum absolute atomic E-state index is 0.315. The highest BCUT2D eigenvalue weighted by molar-refractivity contribution is 5.68. The maximum absolute atomic E-state index is 13.4. The van der Waals surface area contributed by atoms with Crippen molar-refractivity contribution in [3.05, 3.63) is 65.5 Å². The van der Waals surface area contributed by atoms with E-state index in [1.165, 1.54) is 12.1 Å². The summed E-state index contributed by atoms with van der Waals surface area (Å²) in [6, 6.07) is 13.7. The standard InChI is InChI=1S/C18H17FO4/c1-18(10-12-5-4-6-13(19)9-12)17(22-11-16(20)21)14-7-2-3-8-15(14)23-18/h2-9,17H,10-11H2,1H3,(H,20,21)/t17-,18+/m1/s1. The third-order valence-corrected chi connectivity index (χ3v) is 3.92. The van der Waals surface area contributed by atoms with Gasteiger partial charge in [-0.3, -0.25) is 0 Å². The number of ether oxygens (including phenoxy) is 2. The molecule has 0 fully saturated rings. The number of benzene rings is 2. The van der Waals surface area contributed by atoms with Crippen molar-refractivity contribution in [2.75, 3.05) is 6.61 Å². The first-order chi connectivity index (χ1) is 11.0. The highest BCUT2D eigenvalue weighted by Gasteiger charge is 2.46. The molecular formula is C18H17FO4. The molecule has 1 aliphatic heterocycles. The molecule has 1 heterocycles. The van der Waals surface area contributed by atoms with Gasteiger partial charge in [0.05, 0.1) is 0 Å². The van der Waals surface area contributed by atoms with E-state index in [1.54, 1.807) is 6.07 Å². The average Bonchev–Trinajstić information content (AvgIpc) is 2.76. The van der Waals surface area contributed by atoms with E-state index in [-0.39, 0.29) is 5.82 Å². The van der Waals surface area contributed by atoms with E-state index in [4.69, 9.17) is 14.6 Å². The van der Waals surface area contributed by atoms with Crippen LogP contribution in [-0.4, -0.2) is 23.3 Å². The molecule has 2 aromatic carbocycles. The predicted molar refractivity (Wildman–Crippen MR) is 81.9 cm³/mol. The summed E-state index contributed by atoms with van der Waals surface area (Å²) in [4.78, 5) is 10.9. The molecule has 0 unspecified atom stereocenters. The van der Waals surface area contributed by atoms with Gasteiger partial charge in [-0.15, -0.1) is 0 Å². The molecule has 1 N–H and O–H groups in total. The Balaban J connectivity index is 1.91. The van der Waals surface area contributed by atoms with Gasteiger partial charge in [-0.05, 0) is 30.7 Å². The number of fused-ring (bicyclic) bond motifs is 1. The zero-order valence-corrected chi connectivity index (χ0v) is 12.7. The minimum Gasteiger partial charge on any atom is -0.484 e. The molecule has 0 aliphatic carbocycles. The van der Waals surface area contributed by atoms with E-state index in [2.05, 4.69) is 0 Å². The summed E-state index contributed by atoms with van der Waals surface area (Å²) in [6.45, 7) is 1.44. The third kappa shape index (κ3) is 3.19. The van der Waals surface area contributed by atoms with Gasteiger partial charge in [0.15, 0.2) is 0 Å². The van der Waals surface area contributed by atoms with Crippen LogP contribution < -0.4 is 4.74 Å². The van der Waals surface area contributed by atoms with Crippen LogP contribution in [0.1, 0.15) is 24.2 Å². The average molecular weight is 316 g/mol. The van der Waals surface area contributed by atoms with Crippen molar-refractivity contribution < 1.29 is 23.8 Å². The molecule has 120 valence electrons. The molecule has 0 radical (unpaired) electrons. The van der Waals surface area contributed by atoms with Crippen LogP contribution in [-0.2, 0) is 16.0 Å². The van der Waals surface area contributed by atoms with Crippen molar-refractivity contribution in [3.8, 4) is 5.75 Å². The van der Waals surface area contributed by atoms with E-state index in [0.29, 0.717) is 12.2 Å². The van der Waals surface area contributed by atoms with Gasteiger partial charge in [0.25, 0.3) is 0 Å². The Morgan fingerprint density at radius 1 is 1.30 bits per heavy atom. The van der Waals surface area contributed by atoms with Crippen LogP contribution >= 0.6 is 0 Å². The Hall–Kier alpha value is -2.40. The zero-order valence-electron chi connectivity index (χ0n) is 12.7. The molecule has 0 bridgehead atoms. The van der Waals surface area contributed by atoms with Gasteiger partial charge >= 0.3 is 5.97 Å². The summed E-state index contributed by atoms with van der Waals surface area (Å²) >= 11 is 0. The molecule has 2 atom stereocenters. The minimum atomic E-state index is -1.04. The number of hydrogen-bond donors (Lipinski definition) is 1. The van der Waals surface area contributed by atoms with Gasteiger partial charge in [-0.25, -0.2) is 9.18 Å². The van der Waals surface area contributed by atoms with E-state index in [0.717, 1.165) is 11.1 Å². The number of carboxylic acid groups (broad SMARTS) is 1. The van der Waals surface area contributed by atoms with E-state index in [9.17, 15) is 9.18 Å². The SMILES string of the molecule is C[C@@]1(Cc2cccc(F)c2)Oc2ccccc2[C@H]1OCC(=O)O. The first-order valence-electron chi connectivity index (χ1n) is 7.34. The largest absolute Gasteiger partial charge is 0.484 e. The number of rotatable bonds is 5. The molecule has 1 aliphatic rings. The summed E-state index contributed by atoms with van der Waals surface area (Å²) in [5, 5.41) is 8.90. The van der Waals surface area contributed by atoms with Crippen LogP contribution in [0.15, 0.2) is 48.5 Å². The fraction of sp³-hybridized carbons (Fsp3) is 0.278. The Morgan fingerprint density at radius 3 is 2.83 bits per heavy atom. The Bertz CT molecular complexity index is 730. The lowest BCUT2D eigenvalue weighted by atomic mass is 9.89. The smallest absolute Gasteiger partial charge is 0.329 e. The number of hydrogen-bond acceptors (Lipinski definition) is 3. The topological polar surface area (TPSA) is 55.8 Å². The van der Waals surface area contributed by atoms with E-state index in [1.807, 2.05) is 37.3 Å². The highest BCUT2D eigenvalue weighted by atomic mass is 19.1. The summed E-state index contributed by atoms with van der Waals surface area (Å²) in [5.41, 5.74) is 0.782. The fourth-order valence-electron chi connectivity index (χ4n) is 3.03. The predicted octanol–water partition coefficient (Wildman–Crippen LogP) is 3.36. The van der Waals surface area contributed by atoms with Crippen molar-refractivity contribution in [3.63, 3.8) is 0 Å². The zero-order chi connectivity index (χ0) is 16.4. The number of halogens is 1. The molecule has 0 spiro atoms. The monoisotopic (exact) mass is 316 g/mol. The lowest BCUT2D eigenvalue weighted by Crippen LogP contribution is -2.39. The van der Waals surface area contributed by atoms with Gasteiger partial charge in [-0.1, -0.05) is 30.3 Å². The molecule has 0 amide bonds. The van der Waals surface area contributed by atoms with Crippen LogP contribution in [0.5, 0.6) is 5.75 Å². The second kappa shape index (κ2) is 6.01. The summed E-state index contributed by atoms with van der Waals surface area (Å²) < 4.78 is 25.1. The van der Waals surface area contributed by atoms with Gasteiger partial charge in [-0.2, -0.15) is 0 Å². The van der Waals surface area contributed by atoms with Crippen LogP contribution in [0.25, 0.3) is 0 Å². The highest BCUT2D eigenvalue weighted by Crippen LogP contribution is 2.46. The van der Waals surface area contributed by atoms with Gasteiger partial charge in [0.1, 0.15) is 29.9 Å². The third-order valence-electron chi connectivity index (χ3n) is 3.92. The summed E-state index contributed by atoms with van der Waals surface area (Å²) in [7, 11) is 0. The molecule has 0 saturated carbocycles. The van der Waals surface area contributed by atoms with Crippen molar-refractivity contribution >= 4 is 5.97 Å². The molecule has 3 rings (SSSR count). The normalized spacial score (nSPS) is 22.4. The molecule has 4 nitrogen and oxygen atoms in total. The van der Waals surface area contributed by atoms with Crippen LogP contribution in [0, 0.1) is 5.82 Å². The van der Waals surface area contributed by atoms with Crippen LogP contribution in [0.3, 0.4) is 0 Å². The Kier molecular flexibility index (Phi) is 4.05. The number of para-hydroxylation sites is 1. The van der Waals surface area contributed by atoms with E-state index >= 15 is 0 Å². The Labute approximate surface area is 133 Å². The second-order valence-corrected chi connectivity index (χ2v) is 5.84. The Morgan fingerprint density at radius 2 is 2.09 bits per heavy atom. The molecular weight excluding hydrogens is 299 g/mol. The van der Waals surface area contributed by atoms with Crippen molar-refractivity contribution in [1.82, 2.24) is 0 Å². The van der Waals surface area contributed by atoms with Gasteiger partial charge in [0, 0.05) is 12.0 Å². The molecule has 5 heteroatoms. The fourth-order valence-corrected chi connectivity index (χ4v) is 3.03. The maximum atomic E-state index is 13.4. The number of carbonyl (C=O) groups is 1. The molecule has 0 aromatic heterocycles. The van der Waals surface area contributed by atoms with Crippen molar-refractivity contribution in [2.45, 2.75) is 25.0 Å². The number of carboxylic acids is 1. The maximum Gasteiger partial charge on any atom is 0.329 e. The molecule has 2 aromatic rings. The van der Waals surface area contributed by atoms with E-state index < -0.39 is 24.3 Å². The molecule has 23 heavy (non-hydrogen) atoms. The van der Waals surface area contributed by atoms with Gasteiger partial charge in [0.2, 0.25) is 0 Å². The van der Waals surface area contributed by atoms with Crippen molar-refractivity contribution in [2.24, 2.45) is 0 Å². The quantitative estimate of drug-likeness (QED) is 0.919.